The lowest BCUT2D eigenvalue weighted by atomic mass is 9.99. The highest BCUT2D eigenvalue weighted by molar-refractivity contribution is 7.88. The molecule has 0 aliphatic carbocycles. The molecular formula is C17H25N5O3S. The Labute approximate surface area is 153 Å². The number of benzene rings is 1. The summed E-state index contributed by atoms with van der Waals surface area (Å²) >= 11 is 0. The summed E-state index contributed by atoms with van der Waals surface area (Å²) in [5.74, 6) is 0.515. The summed E-state index contributed by atoms with van der Waals surface area (Å²) in [4.78, 5) is 4.12. The zero-order valence-electron chi connectivity index (χ0n) is 15.0. The molecule has 4 N–H and O–H groups in total. The summed E-state index contributed by atoms with van der Waals surface area (Å²) in [6.45, 7) is 4.71. The maximum atomic E-state index is 11.9. The summed E-state index contributed by atoms with van der Waals surface area (Å²) in [5.41, 5.74) is 8.29. The van der Waals surface area contributed by atoms with Gasteiger partial charge in [0.2, 0.25) is 10.0 Å². The van der Waals surface area contributed by atoms with E-state index in [9.17, 15) is 8.42 Å². The molecule has 0 saturated carbocycles. The Morgan fingerprint density at radius 3 is 2.65 bits per heavy atom. The first-order valence-corrected chi connectivity index (χ1v) is 10.1. The predicted molar refractivity (Wildman–Crippen MR) is 102 cm³/mol. The summed E-state index contributed by atoms with van der Waals surface area (Å²) in [6.07, 6.45) is 2.42. The van der Waals surface area contributed by atoms with E-state index in [4.69, 9.17) is 5.73 Å². The Morgan fingerprint density at radius 2 is 2.04 bits per heavy atom. The molecule has 2 rings (SSSR count). The van der Waals surface area contributed by atoms with E-state index in [1.807, 2.05) is 12.1 Å². The third-order valence-corrected chi connectivity index (χ3v) is 5.23. The fourth-order valence-electron chi connectivity index (χ4n) is 2.25. The van der Waals surface area contributed by atoms with E-state index in [0.717, 1.165) is 12.1 Å². The van der Waals surface area contributed by atoms with Crippen LogP contribution in [0.1, 0.15) is 37.4 Å². The largest absolute Gasteiger partial charge is 0.370 e. The average Bonchev–Trinajstić information content (AvgIpc) is 3.11. The highest BCUT2D eigenvalue weighted by Crippen LogP contribution is 2.20. The van der Waals surface area contributed by atoms with Gasteiger partial charge in [-0.25, -0.2) is 13.1 Å². The standard InChI is InChI=1S/C17H25N5O3S/c1-3-13(2)14-4-6-15(7-5-14)21-17(18)19-9-10-20-26(23,24)12-16-8-11-25-22-16/h4-8,11,13,20H,3,9-10,12H2,1-2H3,(H3,18,19,21). The van der Waals surface area contributed by atoms with Crippen LogP contribution >= 0.6 is 0 Å². The third kappa shape index (κ3) is 6.49. The van der Waals surface area contributed by atoms with Crippen LogP contribution in [0.5, 0.6) is 0 Å². The van der Waals surface area contributed by atoms with Crippen LogP contribution in [0.15, 0.2) is 46.1 Å². The Morgan fingerprint density at radius 1 is 1.31 bits per heavy atom. The number of sulfonamides is 1. The van der Waals surface area contributed by atoms with Gasteiger partial charge in [-0.3, -0.25) is 4.99 Å². The first-order chi connectivity index (χ1) is 12.4. The minimum absolute atomic E-state index is 0.148. The number of aromatic nitrogens is 1. The van der Waals surface area contributed by atoms with E-state index < -0.39 is 10.0 Å². The highest BCUT2D eigenvalue weighted by Gasteiger charge is 2.12. The van der Waals surface area contributed by atoms with E-state index in [1.54, 1.807) is 0 Å². The first-order valence-electron chi connectivity index (χ1n) is 8.43. The minimum Gasteiger partial charge on any atom is -0.370 e. The molecule has 0 bridgehead atoms. The Hall–Kier alpha value is -2.39. The van der Waals surface area contributed by atoms with Crippen molar-refractivity contribution in [3.05, 3.63) is 47.9 Å². The van der Waals surface area contributed by atoms with Crippen LogP contribution in [0.2, 0.25) is 0 Å². The number of nitrogens with two attached hydrogens (primary N) is 1. The molecule has 0 saturated heterocycles. The molecule has 2 aromatic rings. The van der Waals surface area contributed by atoms with Crippen molar-refractivity contribution in [1.29, 1.82) is 0 Å². The fraction of sp³-hybridized carbons (Fsp3) is 0.412. The summed E-state index contributed by atoms with van der Waals surface area (Å²) in [5, 5.41) is 6.56. The fourth-order valence-corrected chi connectivity index (χ4v) is 3.30. The van der Waals surface area contributed by atoms with Crippen molar-refractivity contribution in [1.82, 2.24) is 9.88 Å². The predicted octanol–water partition coefficient (Wildman–Crippen LogP) is 2.03. The zero-order valence-corrected chi connectivity index (χ0v) is 15.8. The van der Waals surface area contributed by atoms with E-state index in [2.05, 4.69) is 50.7 Å². The summed E-state index contributed by atoms with van der Waals surface area (Å²) in [7, 11) is -3.48. The number of rotatable bonds is 9. The van der Waals surface area contributed by atoms with Gasteiger partial charge in [-0.05, 0) is 30.0 Å². The number of aliphatic imine (C=N–C) groups is 1. The van der Waals surface area contributed by atoms with Crippen LogP contribution < -0.4 is 15.8 Å². The lowest BCUT2D eigenvalue weighted by molar-refractivity contribution is 0.413. The Balaban J connectivity index is 1.77. The second-order valence-corrected chi connectivity index (χ2v) is 7.77. The molecule has 0 aliphatic rings. The number of hydrogen-bond donors (Lipinski definition) is 3. The topological polar surface area (TPSA) is 123 Å². The van der Waals surface area contributed by atoms with Crippen LogP contribution in [0.4, 0.5) is 5.69 Å². The highest BCUT2D eigenvalue weighted by atomic mass is 32.2. The smallest absolute Gasteiger partial charge is 0.217 e. The lowest BCUT2D eigenvalue weighted by Crippen LogP contribution is -2.29. The molecule has 1 heterocycles. The molecule has 142 valence electrons. The van der Waals surface area contributed by atoms with Gasteiger partial charge >= 0.3 is 0 Å². The van der Waals surface area contributed by atoms with Gasteiger partial charge in [0.05, 0.1) is 12.2 Å². The zero-order chi connectivity index (χ0) is 19.0. The molecule has 0 spiro atoms. The molecule has 1 unspecified atom stereocenters. The van der Waals surface area contributed by atoms with Crippen molar-refractivity contribution in [2.45, 2.75) is 31.9 Å². The van der Waals surface area contributed by atoms with Gasteiger partial charge in [0.25, 0.3) is 0 Å². The second-order valence-electron chi connectivity index (χ2n) is 5.97. The molecule has 1 atom stereocenters. The van der Waals surface area contributed by atoms with Gasteiger partial charge < -0.3 is 15.6 Å². The van der Waals surface area contributed by atoms with Gasteiger partial charge in [-0.2, -0.15) is 0 Å². The van der Waals surface area contributed by atoms with Crippen LogP contribution in [-0.4, -0.2) is 32.6 Å². The number of anilines is 1. The molecule has 0 amide bonds. The van der Waals surface area contributed by atoms with E-state index in [1.165, 1.54) is 17.9 Å². The molecule has 0 aliphatic heterocycles. The van der Waals surface area contributed by atoms with Crippen LogP contribution in [0.25, 0.3) is 0 Å². The monoisotopic (exact) mass is 379 g/mol. The van der Waals surface area contributed by atoms with E-state index >= 15 is 0 Å². The normalized spacial score (nSPS) is 13.5. The van der Waals surface area contributed by atoms with Crippen molar-refractivity contribution >= 4 is 21.7 Å². The van der Waals surface area contributed by atoms with Crippen molar-refractivity contribution in [2.24, 2.45) is 10.7 Å². The first kappa shape index (κ1) is 19.9. The molecule has 0 radical (unpaired) electrons. The van der Waals surface area contributed by atoms with Crippen molar-refractivity contribution in [2.75, 3.05) is 18.4 Å². The maximum absolute atomic E-state index is 11.9. The van der Waals surface area contributed by atoms with E-state index in [-0.39, 0.29) is 24.8 Å². The molecule has 1 aromatic heterocycles. The van der Waals surface area contributed by atoms with Gasteiger partial charge in [0, 0.05) is 18.3 Å². The summed E-state index contributed by atoms with van der Waals surface area (Å²) < 4.78 is 30.8. The number of guanidine groups is 1. The van der Waals surface area contributed by atoms with Gasteiger partial charge in [-0.1, -0.05) is 31.1 Å². The third-order valence-electron chi connectivity index (χ3n) is 3.91. The van der Waals surface area contributed by atoms with Gasteiger partial charge in [-0.15, -0.1) is 0 Å². The molecule has 9 heteroatoms. The SMILES string of the molecule is CCC(C)c1ccc(NC(N)=NCCNS(=O)(=O)Cc2ccon2)cc1. The van der Waals surface area contributed by atoms with Gasteiger partial charge in [0.1, 0.15) is 12.0 Å². The second kappa shape index (κ2) is 9.35. The summed E-state index contributed by atoms with van der Waals surface area (Å²) in [6, 6.07) is 9.52. The van der Waals surface area contributed by atoms with Crippen molar-refractivity contribution in [3.8, 4) is 0 Å². The number of hydrogen-bond acceptors (Lipinski definition) is 5. The molecular weight excluding hydrogens is 354 g/mol. The molecule has 0 fully saturated rings. The minimum atomic E-state index is -3.48. The van der Waals surface area contributed by atoms with Gasteiger partial charge in [0.15, 0.2) is 5.96 Å². The number of nitrogens with zero attached hydrogens (tertiary/aromatic N) is 2. The van der Waals surface area contributed by atoms with Crippen LogP contribution in [-0.2, 0) is 15.8 Å². The Bertz CT molecular complexity index is 801. The quantitative estimate of drug-likeness (QED) is 0.348. The molecule has 1 aromatic carbocycles. The van der Waals surface area contributed by atoms with Crippen molar-refractivity contribution < 1.29 is 12.9 Å². The molecule has 8 nitrogen and oxygen atoms in total. The van der Waals surface area contributed by atoms with Crippen LogP contribution in [0, 0.1) is 0 Å². The van der Waals surface area contributed by atoms with E-state index in [0.29, 0.717) is 11.6 Å². The maximum Gasteiger partial charge on any atom is 0.217 e. The lowest BCUT2D eigenvalue weighted by Gasteiger charge is -2.11. The van der Waals surface area contributed by atoms with Crippen molar-refractivity contribution in [3.63, 3.8) is 0 Å². The Kier molecular flexibility index (Phi) is 7.16. The molecule has 26 heavy (non-hydrogen) atoms. The average molecular weight is 379 g/mol. The number of nitrogens with one attached hydrogen (secondary N) is 2. The van der Waals surface area contributed by atoms with Crippen LogP contribution in [0.3, 0.4) is 0 Å².